The minimum Gasteiger partial charge on any atom is -0.453 e. The quantitative estimate of drug-likeness (QED) is 0.264. The Morgan fingerprint density at radius 3 is 2.03 bits per heavy atom. The standard InChI is InChI=1S/C27H25F5O/c1-2-6-16-9-11-18(12-10-16)24-21(28)15-20(17-7-4-3-5-8-17)27(26(24)32)33-19-13-22(29)25(31)23(30)14-19/h3-5,7-8,13-16,18H,2,6,9-12H2,1H3. The van der Waals surface area contributed by atoms with Gasteiger partial charge in [-0.1, -0.05) is 50.1 Å². The second-order valence-electron chi connectivity index (χ2n) is 8.64. The monoisotopic (exact) mass is 460 g/mol. The van der Waals surface area contributed by atoms with Crippen molar-refractivity contribution in [1.29, 1.82) is 0 Å². The largest absolute Gasteiger partial charge is 0.453 e. The van der Waals surface area contributed by atoms with E-state index >= 15 is 8.78 Å². The molecule has 0 radical (unpaired) electrons. The zero-order chi connectivity index (χ0) is 23.5. The third-order valence-corrected chi connectivity index (χ3v) is 6.42. The summed E-state index contributed by atoms with van der Waals surface area (Å²) in [5.74, 6) is -6.62. The van der Waals surface area contributed by atoms with Crippen molar-refractivity contribution in [3.05, 3.63) is 83.2 Å². The number of ether oxygens (including phenoxy) is 1. The van der Waals surface area contributed by atoms with Gasteiger partial charge in [-0.25, -0.2) is 22.0 Å². The molecule has 1 nitrogen and oxygen atoms in total. The highest BCUT2D eigenvalue weighted by Crippen LogP contribution is 2.45. The summed E-state index contributed by atoms with van der Waals surface area (Å²) >= 11 is 0. The second-order valence-corrected chi connectivity index (χ2v) is 8.64. The number of hydrogen-bond donors (Lipinski definition) is 0. The molecule has 0 aliphatic heterocycles. The third kappa shape index (κ3) is 4.90. The van der Waals surface area contributed by atoms with Gasteiger partial charge in [0.05, 0.1) is 0 Å². The second kappa shape index (κ2) is 9.94. The average Bonchev–Trinajstić information content (AvgIpc) is 2.81. The Kier molecular flexibility index (Phi) is 7.01. The summed E-state index contributed by atoms with van der Waals surface area (Å²) in [6.45, 7) is 2.12. The molecule has 1 saturated carbocycles. The van der Waals surface area contributed by atoms with Crippen molar-refractivity contribution in [2.24, 2.45) is 5.92 Å². The van der Waals surface area contributed by atoms with Crippen LogP contribution in [0.2, 0.25) is 0 Å². The molecule has 0 bridgehead atoms. The predicted octanol–water partition coefficient (Wildman–Crippen LogP) is 8.92. The molecule has 3 aromatic rings. The summed E-state index contributed by atoms with van der Waals surface area (Å²) in [5, 5.41) is 0. The van der Waals surface area contributed by atoms with Gasteiger partial charge in [0.25, 0.3) is 0 Å². The van der Waals surface area contributed by atoms with Crippen molar-refractivity contribution < 1.29 is 26.7 Å². The SMILES string of the molecule is CCCC1CCC(c2c(F)cc(-c3ccccc3)c(Oc3cc(F)c(F)c(F)c3)c2F)CC1. The minimum absolute atomic E-state index is 0.0670. The minimum atomic E-state index is -1.64. The molecular weight excluding hydrogens is 435 g/mol. The summed E-state index contributed by atoms with van der Waals surface area (Å²) < 4.78 is 77.6. The molecule has 174 valence electrons. The summed E-state index contributed by atoms with van der Waals surface area (Å²) in [6.07, 6.45) is 5.27. The van der Waals surface area contributed by atoms with Gasteiger partial charge >= 0.3 is 0 Å². The summed E-state index contributed by atoms with van der Waals surface area (Å²) in [7, 11) is 0. The van der Waals surface area contributed by atoms with E-state index < -0.39 is 34.8 Å². The van der Waals surface area contributed by atoms with E-state index in [1.807, 2.05) is 0 Å². The average molecular weight is 460 g/mol. The van der Waals surface area contributed by atoms with Crippen LogP contribution in [-0.2, 0) is 0 Å². The van der Waals surface area contributed by atoms with Gasteiger partial charge in [0.1, 0.15) is 11.6 Å². The Balaban J connectivity index is 1.78. The van der Waals surface area contributed by atoms with E-state index in [2.05, 4.69) is 6.92 Å². The molecule has 3 aromatic carbocycles. The molecule has 33 heavy (non-hydrogen) atoms. The fraction of sp³-hybridized carbons (Fsp3) is 0.333. The maximum Gasteiger partial charge on any atom is 0.194 e. The number of halogens is 5. The van der Waals surface area contributed by atoms with E-state index in [9.17, 15) is 13.2 Å². The Bertz CT molecular complexity index is 1100. The Morgan fingerprint density at radius 2 is 1.42 bits per heavy atom. The summed E-state index contributed by atoms with van der Waals surface area (Å²) in [5.41, 5.74) is 0.522. The van der Waals surface area contributed by atoms with Crippen LogP contribution in [0.3, 0.4) is 0 Å². The lowest BCUT2D eigenvalue weighted by Crippen LogP contribution is -2.16. The van der Waals surface area contributed by atoms with Gasteiger partial charge in [0.15, 0.2) is 29.0 Å². The van der Waals surface area contributed by atoms with Crippen molar-refractivity contribution in [2.75, 3.05) is 0 Å². The molecular formula is C27H25F5O. The van der Waals surface area contributed by atoms with Gasteiger partial charge in [0.2, 0.25) is 0 Å². The highest BCUT2D eigenvalue weighted by molar-refractivity contribution is 5.72. The Labute approximate surface area is 190 Å². The van der Waals surface area contributed by atoms with E-state index in [4.69, 9.17) is 4.74 Å². The highest BCUT2D eigenvalue weighted by Gasteiger charge is 2.30. The van der Waals surface area contributed by atoms with Gasteiger partial charge in [-0.05, 0) is 49.1 Å². The van der Waals surface area contributed by atoms with Crippen LogP contribution in [-0.4, -0.2) is 0 Å². The first-order valence-electron chi connectivity index (χ1n) is 11.3. The van der Waals surface area contributed by atoms with Crippen LogP contribution < -0.4 is 4.74 Å². The number of hydrogen-bond acceptors (Lipinski definition) is 1. The van der Waals surface area contributed by atoms with Crippen LogP contribution in [0.25, 0.3) is 11.1 Å². The van der Waals surface area contributed by atoms with Crippen LogP contribution >= 0.6 is 0 Å². The zero-order valence-electron chi connectivity index (χ0n) is 18.3. The summed E-state index contributed by atoms with van der Waals surface area (Å²) in [6, 6.07) is 11.0. The fourth-order valence-corrected chi connectivity index (χ4v) is 4.78. The van der Waals surface area contributed by atoms with Crippen LogP contribution in [0, 0.1) is 35.0 Å². The Morgan fingerprint density at radius 1 is 0.788 bits per heavy atom. The first kappa shape index (κ1) is 23.3. The predicted molar refractivity (Wildman–Crippen MR) is 118 cm³/mol. The van der Waals surface area contributed by atoms with Crippen molar-refractivity contribution in [2.45, 2.75) is 51.4 Å². The molecule has 6 heteroatoms. The molecule has 1 aliphatic rings. The van der Waals surface area contributed by atoms with Crippen LogP contribution in [0.15, 0.2) is 48.5 Å². The van der Waals surface area contributed by atoms with Gasteiger partial charge in [-0.2, -0.15) is 0 Å². The van der Waals surface area contributed by atoms with E-state index in [-0.39, 0.29) is 22.8 Å². The molecule has 1 fully saturated rings. The normalized spacial score (nSPS) is 18.4. The van der Waals surface area contributed by atoms with Gasteiger partial charge < -0.3 is 4.74 Å². The molecule has 0 aromatic heterocycles. The maximum atomic E-state index is 15.8. The molecule has 0 atom stereocenters. The van der Waals surface area contributed by atoms with E-state index in [0.29, 0.717) is 36.5 Å². The summed E-state index contributed by atoms with van der Waals surface area (Å²) in [4.78, 5) is 0. The molecule has 0 N–H and O–H groups in total. The van der Waals surface area contributed by atoms with Crippen molar-refractivity contribution in [1.82, 2.24) is 0 Å². The molecule has 4 rings (SSSR count). The van der Waals surface area contributed by atoms with Crippen molar-refractivity contribution >= 4 is 0 Å². The maximum absolute atomic E-state index is 15.8. The van der Waals surface area contributed by atoms with Crippen LogP contribution in [0.5, 0.6) is 11.5 Å². The first-order chi connectivity index (χ1) is 15.9. The van der Waals surface area contributed by atoms with E-state index in [1.165, 1.54) is 6.07 Å². The van der Waals surface area contributed by atoms with Crippen LogP contribution in [0.4, 0.5) is 22.0 Å². The molecule has 1 aliphatic carbocycles. The molecule has 0 heterocycles. The highest BCUT2D eigenvalue weighted by atomic mass is 19.2. The smallest absolute Gasteiger partial charge is 0.194 e. The van der Waals surface area contributed by atoms with Crippen molar-refractivity contribution in [3.8, 4) is 22.6 Å². The molecule has 0 spiro atoms. The lowest BCUT2D eigenvalue weighted by molar-refractivity contribution is 0.298. The van der Waals surface area contributed by atoms with Crippen molar-refractivity contribution in [3.63, 3.8) is 0 Å². The molecule has 0 amide bonds. The number of benzene rings is 3. The Hall–Kier alpha value is -2.89. The molecule has 0 unspecified atom stereocenters. The van der Waals surface area contributed by atoms with Gasteiger partial charge in [0, 0.05) is 23.3 Å². The van der Waals surface area contributed by atoms with Crippen LogP contribution in [0.1, 0.15) is 56.9 Å². The van der Waals surface area contributed by atoms with E-state index in [1.54, 1.807) is 30.3 Å². The fourth-order valence-electron chi connectivity index (χ4n) is 4.78. The lowest BCUT2D eigenvalue weighted by Gasteiger charge is -2.29. The zero-order valence-corrected chi connectivity index (χ0v) is 18.3. The first-order valence-corrected chi connectivity index (χ1v) is 11.3. The van der Waals surface area contributed by atoms with Gasteiger partial charge in [-0.3, -0.25) is 0 Å². The topological polar surface area (TPSA) is 9.23 Å². The van der Waals surface area contributed by atoms with Gasteiger partial charge in [-0.15, -0.1) is 0 Å². The third-order valence-electron chi connectivity index (χ3n) is 6.42. The number of rotatable bonds is 6. The molecule has 0 saturated heterocycles. The van der Waals surface area contributed by atoms with E-state index in [0.717, 1.165) is 25.7 Å². The lowest BCUT2D eigenvalue weighted by atomic mass is 9.76.